The lowest BCUT2D eigenvalue weighted by molar-refractivity contribution is 0.124. The maximum atomic E-state index is 11.4. The standard InChI is InChI=1S/C10H24NO4P/c1-5-10(3)9-15-16(12,13)14-8-7-11(4)6-2/h10H,5-9H2,1-4H3,(H,12,13). The van der Waals surface area contributed by atoms with Gasteiger partial charge < -0.3 is 9.79 Å². The van der Waals surface area contributed by atoms with E-state index in [0.717, 1.165) is 13.0 Å². The van der Waals surface area contributed by atoms with Crippen molar-refractivity contribution in [2.45, 2.75) is 27.2 Å². The molecular formula is C10H24NO4P. The van der Waals surface area contributed by atoms with Crippen LogP contribution >= 0.6 is 7.82 Å². The second-order valence-corrected chi connectivity index (χ2v) is 5.46. The molecule has 5 nitrogen and oxygen atoms in total. The topological polar surface area (TPSA) is 59.0 Å². The first-order valence-electron chi connectivity index (χ1n) is 5.71. The average Bonchev–Trinajstić information content (AvgIpc) is 2.25. The lowest BCUT2D eigenvalue weighted by Crippen LogP contribution is -2.22. The minimum absolute atomic E-state index is 0.207. The van der Waals surface area contributed by atoms with Crippen molar-refractivity contribution in [3.05, 3.63) is 0 Å². The summed E-state index contributed by atoms with van der Waals surface area (Å²) in [5, 5.41) is 0. The Morgan fingerprint density at radius 1 is 1.38 bits per heavy atom. The maximum absolute atomic E-state index is 11.4. The minimum Gasteiger partial charge on any atom is -0.304 e. The first kappa shape index (κ1) is 16.1. The van der Waals surface area contributed by atoms with Crippen molar-refractivity contribution >= 4 is 7.82 Å². The van der Waals surface area contributed by atoms with Crippen molar-refractivity contribution < 1.29 is 18.5 Å². The molecule has 0 aliphatic heterocycles. The summed E-state index contributed by atoms with van der Waals surface area (Å²) in [6.07, 6.45) is 0.915. The molecule has 0 aromatic carbocycles. The zero-order valence-corrected chi connectivity index (χ0v) is 11.6. The Morgan fingerprint density at radius 3 is 2.50 bits per heavy atom. The van der Waals surface area contributed by atoms with Crippen LogP contribution in [0.25, 0.3) is 0 Å². The van der Waals surface area contributed by atoms with E-state index in [9.17, 15) is 9.46 Å². The van der Waals surface area contributed by atoms with Crippen LogP contribution in [-0.4, -0.2) is 43.1 Å². The van der Waals surface area contributed by atoms with Crippen molar-refractivity contribution in [1.29, 1.82) is 0 Å². The summed E-state index contributed by atoms with van der Waals surface area (Å²) < 4.78 is 21.1. The Hall–Kier alpha value is 0.0700. The molecule has 0 rings (SSSR count). The van der Waals surface area contributed by atoms with Gasteiger partial charge >= 0.3 is 7.82 Å². The van der Waals surface area contributed by atoms with E-state index >= 15 is 0 Å². The summed E-state index contributed by atoms with van der Waals surface area (Å²) >= 11 is 0. The number of hydrogen-bond acceptors (Lipinski definition) is 4. The Morgan fingerprint density at radius 2 is 2.00 bits per heavy atom. The number of hydrogen-bond donors (Lipinski definition) is 1. The first-order valence-corrected chi connectivity index (χ1v) is 7.21. The van der Waals surface area contributed by atoms with Gasteiger partial charge in [-0.25, -0.2) is 4.57 Å². The predicted molar refractivity (Wildman–Crippen MR) is 64.4 cm³/mol. The van der Waals surface area contributed by atoms with Gasteiger partial charge in [-0.05, 0) is 19.5 Å². The summed E-state index contributed by atoms with van der Waals surface area (Å²) in [5.74, 6) is 0.266. The summed E-state index contributed by atoms with van der Waals surface area (Å²) in [7, 11) is -1.93. The quantitative estimate of drug-likeness (QED) is 0.638. The summed E-state index contributed by atoms with van der Waals surface area (Å²) in [6, 6.07) is 0. The van der Waals surface area contributed by atoms with Crippen molar-refractivity contribution in [3.8, 4) is 0 Å². The van der Waals surface area contributed by atoms with Crippen LogP contribution in [-0.2, 0) is 13.6 Å². The zero-order valence-electron chi connectivity index (χ0n) is 10.7. The molecule has 0 aromatic rings. The number of rotatable bonds is 9. The highest BCUT2D eigenvalue weighted by atomic mass is 31.2. The Kier molecular flexibility index (Phi) is 8.24. The fourth-order valence-electron chi connectivity index (χ4n) is 0.847. The molecule has 1 N–H and O–H groups in total. The van der Waals surface area contributed by atoms with Crippen LogP contribution in [0.1, 0.15) is 27.2 Å². The Bertz CT molecular complexity index is 225. The van der Waals surface area contributed by atoms with Gasteiger partial charge in [-0.2, -0.15) is 0 Å². The molecule has 0 radical (unpaired) electrons. The van der Waals surface area contributed by atoms with Crippen LogP contribution in [0.4, 0.5) is 0 Å². The predicted octanol–water partition coefficient (Wildman–Crippen LogP) is 2.12. The van der Waals surface area contributed by atoms with Gasteiger partial charge in [0, 0.05) is 6.54 Å². The number of phosphoric ester groups is 1. The molecule has 0 fully saturated rings. The molecule has 16 heavy (non-hydrogen) atoms. The maximum Gasteiger partial charge on any atom is 0.472 e. The van der Waals surface area contributed by atoms with Gasteiger partial charge in [-0.1, -0.05) is 27.2 Å². The fraction of sp³-hybridized carbons (Fsp3) is 1.00. The highest BCUT2D eigenvalue weighted by Gasteiger charge is 2.21. The molecule has 0 bridgehead atoms. The van der Waals surface area contributed by atoms with Crippen molar-refractivity contribution in [2.75, 3.05) is 33.4 Å². The van der Waals surface area contributed by atoms with Crippen molar-refractivity contribution in [3.63, 3.8) is 0 Å². The third-order valence-corrected chi connectivity index (χ3v) is 3.47. The molecule has 0 amide bonds. The Labute approximate surface area is 98.4 Å². The van der Waals surface area contributed by atoms with Crippen molar-refractivity contribution in [2.24, 2.45) is 5.92 Å². The smallest absolute Gasteiger partial charge is 0.304 e. The van der Waals surface area contributed by atoms with Gasteiger partial charge in [-0.15, -0.1) is 0 Å². The van der Waals surface area contributed by atoms with Gasteiger partial charge in [0.05, 0.1) is 13.2 Å². The van der Waals surface area contributed by atoms with Crippen LogP contribution in [0, 0.1) is 5.92 Å². The van der Waals surface area contributed by atoms with Gasteiger partial charge in [0.15, 0.2) is 0 Å². The molecule has 6 heteroatoms. The highest BCUT2D eigenvalue weighted by Crippen LogP contribution is 2.43. The van der Waals surface area contributed by atoms with Crippen LogP contribution < -0.4 is 0 Å². The molecule has 2 unspecified atom stereocenters. The second kappa shape index (κ2) is 8.20. The largest absolute Gasteiger partial charge is 0.472 e. The van der Waals surface area contributed by atoms with E-state index in [0.29, 0.717) is 6.54 Å². The van der Waals surface area contributed by atoms with Gasteiger partial charge in [-0.3, -0.25) is 9.05 Å². The molecule has 0 aromatic heterocycles. The molecule has 0 aliphatic rings. The van der Waals surface area contributed by atoms with Crippen LogP contribution in [0.2, 0.25) is 0 Å². The van der Waals surface area contributed by atoms with E-state index in [4.69, 9.17) is 9.05 Å². The average molecular weight is 253 g/mol. The molecule has 0 saturated heterocycles. The molecular weight excluding hydrogens is 229 g/mol. The van der Waals surface area contributed by atoms with Crippen LogP contribution in [0.15, 0.2) is 0 Å². The monoisotopic (exact) mass is 253 g/mol. The lowest BCUT2D eigenvalue weighted by atomic mass is 10.1. The van der Waals surface area contributed by atoms with Crippen LogP contribution in [0.3, 0.4) is 0 Å². The molecule has 98 valence electrons. The van der Waals surface area contributed by atoms with Gasteiger partial charge in [0.2, 0.25) is 0 Å². The van der Waals surface area contributed by atoms with Crippen LogP contribution in [0.5, 0.6) is 0 Å². The minimum atomic E-state index is -3.85. The molecule has 2 atom stereocenters. The van der Waals surface area contributed by atoms with E-state index in [1.54, 1.807) is 0 Å². The van der Waals surface area contributed by atoms with Gasteiger partial charge in [0.25, 0.3) is 0 Å². The van der Waals surface area contributed by atoms with E-state index in [1.807, 2.05) is 32.7 Å². The summed E-state index contributed by atoms with van der Waals surface area (Å²) in [4.78, 5) is 11.3. The normalized spacial score (nSPS) is 17.4. The second-order valence-electron chi connectivity index (χ2n) is 4.01. The molecule has 0 spiro atoms. The third-order valence-electron chi connectivity index (χ3n) is 2.49. The lowest BCUT2D eigenvalue weighted by Gasteiger charge is -2.17. The molecule has 0 saturated carbocycles. The number of phosphoric acid groups is 1. The Balaban J connectivity index is 3.74. The molecule has 0 aliphatic carbocycles. The first-order chi connectivity index (χ1) is 7.41. The van der Waals surface area contributed by atoms with E-state index < -0.39 is 7.82 Å². The van der Waals surface area contributed by atoms with E-state index in [1.165, 1.54) is 0 Å². The zero-order chi connectivity index (χ0) is 12.6. The SMILES string of the molecule is CCC(C)COP(=O)(O)OCCN(C)CC. The molecule has 0 heterocycles. The van der Waals surface area contributed by atoms with E-state index in [-0.39, 0.29) is 19.1 Å². The highest BCUT2D eigenvalue weighted by molar-refractivity contribution is 7.47. The fourth-order valence-corrected chi connectivity index (χ4v) is 1.68. The third kappa shape index (κ3) is 8.25. The van der Waals surface area contributed by atoms with E-state index in [2.05, 4.69) is 0 Å². The van der Waals surface area contributed by atoms with Crippen molar-refractivity contribution in [1.82, 2.24) is 4.90 Å². The summed E-state index contributed by atoms with van der Waals surface area (Å²) in [5.41, 5.74) is 0. The van der Waals surface area contributed by atoms with Gasteiger partial charge in [0.1, 0.15) is 0 Å². The number of likely N-dealkylation sites (N-methyl/N-ethyl adjacent to an activating group) is 1. The summed E-state index contributed by atoms with van der Waals surface area (Å²) in [6.45, 7) is 7.95. The number of nitrogens with zero attached hydrogens (tertiary/aromatic N) is 1.